The van der Waals surface area contributed by atoms with Crippen LogP contribution in [0.5, 0.6) is 0 Å². The van der Waals surface area contributed by atoms with E-state index in [4.69, 9.17) is 0 Å². The number of hydrogen-bond acceptors (Lipinski definition) is 2. The largest absolute Gasteiger partial charge is 0.512 e. The van der Waals surface area contributed by atoms with Gasteiger partial charge in [0, 0.05) is 17.9 Å². The van der Waals surface area contributed by atoms with Crippen molar-refractivity contribution in [3.8, 4) is 0 Å². The molecule has 2 nitrogen and oxygen atoms in total. The van der Waals surface area contributed by atoms with E-state index in [1.54, 1.807) is 0 Å². The normalized spacial score (nSPS) is 36.7. The van der Waals surface area contributed by atoms with Gasteiger partial charge >= 0.3 is 0 Å². The maximum atomic E-state index is 11.2. The minimum absolute atomic E-state index is 0.137. The van der Waals surface area contributed by atoms with Gasteiger partial charge in [-0.1, -0.05) is 6.42 Å². The number of allylic oxidation sites excluding steroid dienone is 2. The number of fused-ring (bicyclic) bond motifs is 2. The number of hydrogen-bond donors (Lipinski definition) is 1. The van der Waals surface area contributed by atoms with Gasteiger partial charge < -0.3 is 5.11 Å². The van der Waals surface area contributed by atoms with E-state index in [9.17, 15) is 9.90 Å². The SMILES string of the molecule is O=C1C=C(O)C2CCCC1C2. The van der Waals surface area contributed by atoms with E-state index in [1.165, 1.54) is 6.08 Å². The Bertz CT molecular complexity index is 218. The van der Waals surface area contributed by atoms with Crippen LogP contribution < -0.4 is 0 Å². The molecule has 0 radical (unpaired) electrons. The minimum atomic E-state index is 0.137. The molecule has 0 aliphatic heterocycles. The lowest BCUT2D eigenvalue weighted by atomic mass is 9.74. The van der Waals surface area contributed by atoms with Crippen molar-refractivity contribution < 1.29 is 9.90 Å². The highest BCUT2D eigenvalue weighted by atomic mass is 16.3. The number of aliphatic hydroxyl groups is 1. The smallest absolute Gasteiger partial charge is 0.162 e. The molecule has 2 aliphatic rings. The Hall–Kier alpha value is -0.790. The van der Waals surface area contributed by atoms with Crippen LogP contribution in [0.25, 0.3) is 0 Å². The molecule has 0 amide bonds. The third kappa shape index (κ3) is 1.06. The monoisotopic (exact) mass is 152 g/mol. The van der Waals surface area contributed by atoms with Gasteiger partial charge in [-0.15, -0.1) is 0 Å². The number of carbonyl (C=O) groups is 1. The Morgan fingerprint density at radius 3 is 2.91 bits per heavy atom. The molecule has 11 heavy (non-hydrogen) atoms. The molecule has 60 valence electrons. The Kier molecular flexibility index (Phi) is 1.48. The minimum Gasteiger partial charge on any atom is -0.512 e. The van der Waals surface area contributed by atoms with Crippen molar-refractivity contribution >= 4 is 5.78 Å². The fraction of sp³-hybridized carbons (Fsp3) is 0.667. The second kappa shape index (κ2) is 2.36. The molecule has 0 spiro atoms. The topological polar surface area (TPSA) is 37.3 Å². The summed E-state index contributed by atoms with van der Waals surface area (Å²) in [5.41, 5.74) is 0. The number of carbonyl (C=O) groups excluding carboxylic acids is 1. The zero-order valence-electron chi connectivity index (χ0n) is 6.42. The second-order valence-corrected chi connectivity index (χ2v) is 3.53. The first-order chi connectivity index (χ1) is 5.27. The lowest BCUT2D eigenvalue weighted by molar-refractivity contribution is -0.120. The first-order valence-electron chi connectivity index (χ1n) is 4.22. The van der Waals surface area contributed by atoms with Crippen LogP contribution in [-0.2, 0) is 4.79 Å². The summed E-state index contributed by atoms with van der Waals surface area (Å²) in [7, 11) is 0. The van der Waals surface area contributed by atoms with E-state index in [2.05, 4.69) is 0 Å². The second-order valence-electron chi connectivity index (χ2n) is 3.53. The zero-order chi connectivity index (χ0) is 7.84. The van der Waals surface area contributed by atoms with E-state index in [0.29, 0.717) is 11.7 Å². The molecule has 2 unspecified atom stereocenters. The molecule has 2 atom stereocenters. The summed E-state index contributed by atoms with van der Waals surface area (Å²) in [6.45, 7) is 0. The first kappa shape index (κ1) is 6.89. The fourth-order valence-corrected chi connectivity index (χ4v) is 2.10. The van der Waals surface area contributed by atoms with E-state index in [1.807, 2.05) is 0 Å². The van der Waals surface area contributed by atoms with Crippen molar-refractivity contribution in [1.29, 1.82) is 0 Å². The molecule has 0 saturated heterocycles. The van der Waals surface area contributed by atoms with Gasteiger partial charge in [-0.3, -0.25) is 4.79 Å². The van der Waals surface area contributed by atoms with Crippen LogP contribution >= 0.6 is 0 Å². The molecule has 1 fully saturated rings. The third-order valence-electron chi connectivity index (χ3n) is 2.78. The maximum Gasteiger partial charge on any atom is 0.162 e. The highest BCUT2D eigenvalue weighted by molar-refractivity contribution is 5.93. The molecule has 1 saturated carbocycles. The van der Waals surface area contributed by atoms with Crippen LogP contribution in [0.4, 0.5) is 0 Å². The molecular weight excluding hydrogens is 140 g/mol. The molecule has 2 aliphatic carbocycles. The molecule has 0 aromatic heterocycles. The van der Waals surface area contributed by atoms with Crippen molar-refractivity contribution in [3.05, 3.63) is 11.8 Å². The van der Waals surface area contributed by atoms with Crippen molar-refractivity contribution in [2.75, 3.05) is 0 Å². The van der Waals surface area contributed by atoms with E-state index >= 15 is 0 Å². The number of rotatable bonds is 0. The Labute approximate surface area is 65.9 Å². The van der Waals surface area contributed by atoms with Gasteiger partial charge in [0.15, 0.2) is 5.78 Å². The molecule has 0 heterocycles. The molecule has 2 bridgehead atoms. The van der Waals surface area contributed by atoms with Gasteiger partial charge in [0.1, 0.15) is 0 Å². The molecule has 1 N–H and O–H groups in total. The van der Waals surface area contributed by atoms with Crippen LogP contribution in [0.3, 0.4) is 0 Å². The molecule has 2 rings (SSSR count). The number of ketones is 1. The predicted octanol–water partition coefficient (Wildman–Crippen LogP) is 1.82. The average molecular weight is 152 g/mol. The molecule has 0 aromatic rings. The third-order valence-corrected chi connectivity index (χ3v) is 2.78. The highest BCUT2D eigenvalue weighted by Gasteiger charge is 2.32. The molecule has 2 heteroatoms. The van der Waals surface area contributed by atoms with Gasteiger partial charge in [0.05, 0.1) is 5.76 Å². The summed E-state index contributed by atoms with van der Waals surface area (Å²) in [5.74, 6) is 0.987. The van der Waals surface area contributed by atoms with Crippen molar-refractivity contribution in [2.45, 2.75) is 25.7 Å². The summed E-state index contributed by atoms with van der Waals surface area (Å²) in [5, 5.41) is 9.33. The summed E-state index contributed by atoms with van der Waals surface area (Å²) in [4.78, 5) is 11.2. The summed E-state index contributed by atoms with van der Waals surface area (Å²) in [6.07, 6.45) is 5.50. The Balaban J connectivity index is 2.27. The van der Waals surface area contributed by atoms with Gasteiger partial charge in [-0.2, -0.15) is 0 Å². The van der Waals surface area contributed by atoms with Gasteiger partial charge in [-0.25, -0.2) is 0 Å². The molecule has 0 aromatic carbocycles. The maximum absolute atomic E-state index is 11.2. The Morgan fingerprint density at radius 1 is 1.36 bits per heavy atom. The van der Waals surface area contributed by atoms with Gasteiger partial charge in [0.2, 0.25) is 0 Å². The van der Waals surface area contributed by atoms with E-state index in [0.717, 1.165) is 25.7 Å². The zero-order valence-corrected chi connectivity index (χ0v) is 6.42. The standard InChI is InChI=1S/C9H12O2/c10-8-5-9(11)7-3-1-2-6(8)4-7/h5-7,10H,1-4H2. The highest BCUT2D eigenvalue weighted by Crippen LogP contribution is 2.36. The number of aliphatic hydroxyl groups excluding tert-OH is 1. The average Bonchev–Trinajstić information content (AvgIpc) is 2.02. The lowest BCUT2D eigenvalue weighted by Gasteiger charge is -2.30. The predicted molar refractivity (Wildman–Crippen MR) is 41.2 cm³/mol. The molecular formula is C9H12O2. The van der Waals surface area contributed by atoms with Crippen LogP contribution in [0.2, 0.25) is 0 Å². The van der Waals surface area contributed by atoms with Crippen LogP contribution in [0.15, 0.2) is 11.8 Å². The van der Waals surface area contributed by atoms with Crippen LogP contribution in [0, 0.1) is 11.8 Å². The van der Waals surface area contributed by atoms with Gasteiger partial charge in [0.25, 0.3) is 0 Å². The summed E-state index contributed by atoms with van der Waals surface area (Å²) >= 11 is 0. The van der Waals surface area contributed by atoms with Crippen LogP contribution in [0.1, 0.15) is 25.7 Å². The van der Waals surface area contributed by atoms with E-state index < -0.39 is 0 Å². The quantitative estimate of drug-likeness (QED) is 0.574. The van der Waals surface area contributed by atoms with Crippen molar-refractivity contribution in [1.82, 2.24) is 0 Å². The lowest BCUT2D eigenvalue weighted by Crippen LogP contribution is -2.27. The van der Waals surface area contributed by atoms with E-state index in [-0.39, 0.29) is 11.7 Å². The van der Waals surface area contributed by atoms with Crippen molar-refractivity contribution in [3.63, 3.8) is 0 Å². The Morgan fingerprint density at radius 2 is 2.09 bits per heavy atom. The van der Waals surface area contributed by atoms with Crippen LogP contribution in [-0.4, -0.2) is 10.9 Å². The van der Waals surface area contributed by atoms with Gasteiger partial charge in [-0.05, 0) is 19.3 Å². The first-order valence-corrected chi connectivity index (χ1v) is 4.22. The summed E-state index contributed by atoms with van der Waals surface area (Å²) < 4.78 is 0. The summed E-state index contributed by atoms with van der Waals surface area (Å²) in [6, 6.07) is 0. The fourth-order valence-electron chi connectivity index (χ4n) is 2.10. The van der Waals surface area contributed by atoms with Crippen molar-refractivity contribution in [2.24, 2.45) is 11.8 Å².